The molecule has 0 bridgehead atoms. The summed E-state index contributed by atoms with van der Waals surface area (Å²) in [5.41, 5.74) is 3.74. The van der Waals surface area contributed by atoms with E-state index in [0.717, 1.165) is 59.3 Å². The highest BCUT2D eigenvalue weighted by Crippen LogP contribution is 2.30. The molecule has 0 atom stereocenters. The van der Waals surface area contributed by atoms with Crippen LogP contribution in [0, 0.1) is 0 Å². The molecule has 0 aliphatic carbocycles. The lowest BCUT2D eigenvalue weighted by atomic mass is 10.0. The Hall–Kier alpha value is -4.00. The molecule has 7 heteroatoms. The number of carbonyl (C=O) groups excluding carboxylic acids is 1. The average Bonchev–Trinajstić information content (AvgIpc) is 2.92. The highest BCUT2D eigenvalue weighted by Gasteiger charge is 2.17. The Balaban J connectivity index is 1.39. The van der Waals surface area contributed by atoms with Gasteiger partial charge in [-0.25, -0.2) is 9.97 Å². The first-order valence-corrected chi connectivity index (χ1v) is 11.6. The van der Waals surface area contributed by atoms with Crippen LogP contribution in [0.15, 0.2) is 67.0 Å². The van der Waals surface area contributed by atoms with E-state index in [1.165, 1.54) is 6.42 Å². The smallest absolute Gasteiger partial charge is 0.260 e. The number of nitrogens with one attached hydrogen (secondary N) is 1. The number of ether oxygens (including phenoxy) is 1. The summed E-state index contributed by atoms with van der Waals surface area (Å²) < 4.78 is 5.85. The molecule has 0 radical (unpaired) electrons. The molecule has 4 aromatic rings. The van der Waals surface area contributed by atoms with E-state index in [4.69, 9.17) is 14.7 Å². The molecule has 2 aromatic carbocycles. The fraction of sp³-hybridized carbons (Fsp3) is 0.259. The van der Waals surface area contributed by atoms with Crippen molar-refractivity contribution in [3.05, 3.63) is 67.0 Å². The molecule has 34 heavy (non-hydrogen) atoms. The molecule has 1 saturated heterocycles. The third-order valence-electron chi connectivity index (χ3n) is 6.09. The van der Waals surface area contributed by atoms with Crippen molar-refractivity contribution in [2.75, 3.05) is 32.1 Å². The van der Waals surface area contributed by atoms with Crippen molar-refractivity contribution in [3.8, 4) is 28.3 Å². The number of likely N-dealkylation sites (tertiary alicyclic amines) is 1. The fourth-order valence-corrected chi connectivity index (χ4v) is 4.27. The molecule has 5 rings (SSSR count). The van der Waals surface area contributed by atoms with E-state index in [1.54, 1.807) is 12.4 Å². The molecule has 172 valence electrons. The van der Waals surface area contributed by atoms with E-state index in [1.807, 2.05) is 60.5 Å². The van der Waals surface area contributed by atoms with Crippen LogP contribution >= 0.6 is 0 Å². The van der Waals surface area contributed by atoms with Gasteiger partial charge in [0.15, 0.2) is 12.4 Å². The van der Waals surface area contributed by atoms with Gasteiger partial charge in [0, 0.05) is 43.5 Å². The monoisotopic (exact) mass is 453 g/mol. The third kappa shape index (κ3) is 4.69. The van der Waals surface area contributed by atoms with E-state index >= 15 is 0 Å². The van der Waals surface area contributed by atoms with Gasteiger partial charge in [-0.1, -0.05) is 18.2 Å². The van der Waals surface area contributed by atoms with Crippen LogP contribution in [0.3, 0.4) is 0 Å². The number of amides is 1. The van der Waals surface area contributed by atoms with Crippen molar-refractivity contribution in [1.82, 2.24) is 19.9 Å². The number of hydrogen-bond acceptors (Lipinski definition) is 6. The van der Waals surface area contributed by atoms with E-state index in [2.05, 4.69) is 16.4 Å². The Morgan fingerprint density at radius 3 is 2.59 bits per heavy atom. The summed E-state index contributed by atoms with van der Waals surface area (Å²) in [6, 6.07) is 17.8. The van der Waals surface area contributed by atoms with Gasteiger partial charge in [0.05, 0.1) is 5.52 Å². The van der Waals surface area contributed by atoms with Gasteiger partial charge in [-0.2, -0.15) is 0 Å². The number of anilines is 1. The highest BCUT2D eigenvalue weighted by atomic mass is 16.5. The van der Waals surface area contributed by atoms with Crippen molar-refractivity contribution >= 4 is 22.6 Å². The molecule has 2 aromatic heterocycles. The first-order valence-electron chi connectivity index (χ1n) is 11.6. The molecular weight excluding hydrogens is 426 g/mol. The summed E-state index contributed by atoms with van der Waals surface area (Å²) in [7, 11) is 1.86. The molecule has 1 fully saturated rings. The third-order valence-corrected chi connectivity index (χ3v) is 6.09. The molecule has 0 saturated carbocycles. The Bertz CT molecular complexity index is 1300. The predicted molar refractivity (Wildman–Crippen MR) is 134 cm³/mol. The summed E-state index contributed by atoms with van der Waals surface area (Å²) in [4.78, 5) is 28.0. The lowest BCUT2D eigenvalue weighted by Gasteiger charge is -2.26. The first kappa shape index (κ1) is 21.8. The molecule has 0 unspecified atom stereocenters. The van der Waals surface area contributed by atoms with Gasteiger partial charge in [0.1, 0.15) is 11.6 Å². The van der Waals surface area contributed by atoms with Crippen LogP contribution in [0.4, 0.5) is 5.82 Å². The van der Waals surface area contributed by atoms with E-state index in [9.17, 15) is 4.79 Å². The van der Waals surface area contributed by atoms with Crippen LogP contribution in [-0.2, 0) is 4.79 Å². The summed E-state index contributed by atoms with van der Waals surface area (Å²) >= 11 is 0. The van der Waals surface area contributed by atoms with Crippen LogP contribution in [0.2, 0.25) is 0 Å². The number of carbonyl (C=O) groups is 1. The molecule has 1 amide bonds. The number of rotatable bonds is 6. The maximum Gasteiger partial charge on any atom is 0.260 e. The number of piperidine rings is 1. The summed E-state index contributed by atoms with van der Waals surface area (Å²) in [5, 5.41) is 4.13. The normalized spacial score (nSPS) is 13.6. The van der Waals surface area contributed by atoms with E-state index in [-0.39, 0.29) is 12.5 Å². The molecule has 1 N–H and O–H groups in total. The second kappa shape index (κ2) is 9.87. The van der Waals surface area contributed by atoms with Gasteiger partial charge in [-0.3, -0.25) is 9.78 Å². The molecule has 1 aliphatic rings. The summed E-state index contributed by atoms with van der Waals surface area (Å²) in [6.07, 6.45) is 6.84. The van der Waals surface area contributed by atoms with E-state index in [0.29, 0.717) is 11.6 Å². The van der Waals surface area contributed by atoms with Crippen LogP contribution in [0.1, 0.15) is 19.3 Å². The van der Waals surface area contributed by atoms with Gasteiger partial charge >= 0.3 is 0 Å². The summed E-state index contributed by atoms with van der Waals surface area (Å²) in [6.45, 7) is 1.73. The molecule has 7 nitrogen and oxygen atoms in total. The lowest BCUT2D eigenvalue weighted by molar-refractivity contribution is -0.134. The van der Waals surface area contributed by atoms with Gasteiger partial charge in [0.2, 0.25) is 0 Å². The van der Waals surface area contributed by atoms with E-state index < -0.39 is 0 Å². The highest BCUT2D eigenvalue weighted by molar-refractivity contribution is 5.94. The minimum Gasteiger partial charge on any atom is -0.484 e. The predicted octanol–water partition coefficient (Wildman–Crippen LogP) is 4.79. The Morgan fingerprint density at radius 2 is 1.79 bits per heavy atom. The number of aromatic nitrogens is 3. The van der Waals surface area contributed by atoms with Gasteiger partial charge in [0.25, 0.3) is 5.91 Å². The zero-order valence-corrected chi connectivity index (χ0v) is 19.2. The van der Waals surface area contributed by atoms with Crippen LogP contribution in [0.25, 0.3) is 33.4 Å². The number of nitrogens with zero attached hydrogens (tertiary/aromatic N) is 4. The quantitative estimate of drug-likeness (QED) is 0.452. The van der Waals surface area contributed by atoms with Gasteiger partial charge in [-0.05, 0) is 66.8 Å². The molecule has 3 heterocycles. The largest absolute Gasteiger partial charge is 0.484 e. The Labute approximate surface area is 198 Å². The minimum atomic E-state index is 0.0519. The average molecular weight is 454 g/mol. The molecule has 1 aliphatic heterocycles. The SMILES string of the molecule is CNc1nc(-c2cccnc2)nc2ccc(-c3cccc(OCC(=O)N4CCCCC4)c3)cc12. The number of benzene rings is 2. The molecule has 0 spiro atoms. The summed E-state index contributed by atoms with van der Waals surface area (Å²) in [5.74, 6) is 2.12. The molecular formula is C27H27N5O2. The van der Waals surface area contributed by atoms with Crippen molar-refractivity contribution in [2.45, 2.75) is 19.3 Å². The number of hydrogen-bond donors (Lipinski definition) is 1. The Kier molecular flexibility index (Phi) is 6.33. The second-order valence-electron chi connectivity index (χ2n) is 8.38. The standard InChI is InChI=1S/C27H27N5O2/c1-28-27-23-16-20(10-11-24(23)30-26(31-27)21-8-6-12-29-17-21)19-7-5-9-22(15-19)34-18-25(33)32-13-3-2-4-14-32/h5-12,15-17H,2-4,13-14,18H2,1H3,(H,28,30,31). The first-order chi connectivity index (χ1) is 16.7. The zero-order valence-electron chi connectivity index (χ0n) is 19.2. The van der Waals surface area contributed by atoms with Crippen LogP contribution < -0.4 is 10.1 Å². The van der Waals surface area contributed by atoms with Crippen molar-refractivity contribution in [1.29, 1.82) is 0 Å². The lowest BCUT2D eigenvalue weighted by Crippen LogP contribution is -2.38. The van der Waals surface area contributed by atoms with Crippen molar-refractivity contribution in [3.63, 3.8) is 0 Å². The van der Waals surface area contributed by atoms with Gasteiger partial charge < -0.3 is 15.0 Å². The second-order valence-corrected chi connectivity index (χ2v) is 8.38. The number of fused-ring (bicyclic) bond motifs is 1. The van der Waals surface area contributed by atoms with Crippen molar-refractivity contribution in [2.24, 2.45) is 0 Å². The Morgan fingerprint density at radius 1 is 0.971 bits per heavy atom. The van der Waals surface area contributed by atoms with Crippen molar-refractivity contribution < 1.29 is 9.53 Å². The number of pyridine rings is 1. The fourth-order valence-electron chi connectivity index (χ4n) is 4.27. The van der Waals surface area contributed by atoms with Crippen LogP contribution in [0.5, 0.6) is 5.75 Å². The maximum atomic E-state index is 12.4. The topological polar surface area (TPSA) is 80.2 Å². The zero-order chi connectivity index (χ0) is 23.3. The van der Waals surface area contributed by atoms with Crippen LogP contribution in [-0.4, -0.2) is 52.5 Å². The van der Waals surface area contributed by atoms with Gasteiger partial charge in [-0.15, -0.1) is 0 Å². The minimum absolute atomic E-state index is 0.0519. The maximum absolute atomic E-state index is 12.4.